The maximum atomic E-state index is 13.6. The van der Waals surface area contributed by atoms with Crippen molar-refractivity contribution in [3.05, 3.63) is 71.8 Å². The lowest BCUT2D eigenvalue weighted by molar-refractivity contribution is -0.150. The van der Waals surface area contributed by atoms with Crippen molar-refractivity contribution in [2.45, 2.75) is 70.9 Å². The number of carbonyl (C=O) groups is 5. The Labute approximate surface area is 252 Å². The molecule has 1 saturated heterocycles. The predicted molar refractivity (Wildman–Crippen MR) is 159 cm³/mol. The fraction of sp³-hybridized carbons (Fsp3) is 0.469. The molecule has 0 saturated carbocycles. The van der Waals surface area contributed by atoms with Crippen LogP contribution in [0.5, 0.6) is 0 Å². The summed E-state index contributed by atoms with van der Waals surface area (Å²) in [5.74, 6) is -3.59. The van der Waals surface area contributed by atoms with Gasteiger partial charge in [0.1, 0.15) is 25.3 Å². The van der Waals surface area contributed by atoms with E-state index in [1.807, 2.05) is 62.4 Å². The zero-order valence-corrected chi connectivity index (χ0v) is 25.0. The second kappa shape index (κ2) is 17.0. The lowest BCUT2D eigenvalue weighted by Crippen LogP contribution is -2.60. The number of carbonyl (C=O) groups excluding carboxylic acids is 5. The molecule has 0 aliphatic carbocycles. The van der Waals surface area contributed by atoms with Crippen LogP contribution in [0.3, 0.4) is 0 Å². The minimum atomic E-state index is -1.36. The van der Waals surface area contributed by atoms with Crippen LogP contribution in [0, 0.1) is 11.8 Å². The average Bonchev–Trinajstić information content (AvgIpc) is 3.02. The molecule has 0 radical (unpaired) electrons. The van der Waals surface area contributed by atoms with Crippen LogP contribution in [0.1, 0.15) is 50.7 Å². The number of esters is 2. The largest absolute Gasteiger partial charge is 0.461 e. The van der Waals surface area contributed by atoms with Crippen molar-refractivity contribution in [1.29, 1.82) is 0 Å². The minimum absolute atomic E-state index is 0.00727. The van der Waals surface area contributed by atoms with Crippen molar-refractivity contribution in [3.8, 4) is 0 Å². The number of piperidine rings is 1. The zero-order valence-electron chi connectivity index (χ0n) is 25.0. The number of benzene rings is 2. The summed E-state index contributed by atoms with van der Waals surface area (Å²) in [5.41, 5.74) is 1.56. The third-order valence-corrected chi connectivity index (χ3v) is 7.10. The van der Waals surface area contributed by atoms with E-state index in [2.05, 4.69) is 21.3 Å². The van der Waals surface area contributed by atoms with Gasteiger partial charge in [0.2, 0.25) is 17.7 Å². The van der Waals surface area contributed by atoms with Gasteiger partial charge in [0.25, 0.3) is 0 Å². The molecule has 43 heavy (non-hydrogen) atoms. The second-order valence-electron chi connectivity index (χ2n) is 11.0. The Morgan fingerprint density at radius 3 is 2.02 bits per heavy atom. The summed E-state index contributed by atoms with van der Waals surface area (Å²) in [4.78, 5) is 65.3. The maximum Gasteiger partial charge on any atom is 0.328 e. The van der Waals surface area contributed by atoms with E-state index in [0.29, 0.717) is 19.4 Å². The number of hydrogen-bond donors (Lipinski definition) is 4. The van der Waals surface area contributed by atoms with Crippen LogP contribution in [-0.4, -0.2) is 61.4 Å². The highest BCUT2D eigenvalue weighted by atomic mass is 16.5. The Bertz CT molecular complexity index is 1220. The van der Waals surface area contributed by atoms with Gasteiger partial charge in [-0.25, -0.2) is 4.79 Å². The highest BCUT2D eigenvalue weighted by Gasteiger charge is 2.38. The van der Waals surface area contributed by atoms with Crippen molar-refractivity contribution in [2.75, 3.05) is 13.6 Å². The first kappa shape index (κ1) is 33.3. The molecular formula is C32H42N4O7. The monoisotopic (exact) mass is 594 g/mol. The second-order valence-corrected chi connectivity index (χ2v) is 11.0. The Morgan fingerprint density at radius 2 is 1.44 bits per heavy atom. The minimum Gasteiger partial charge on any atom is -0.461 e. The van der Waals surface area contributed by atoms with E-state index < -0.39 is 54.2 Å². The molecule has 0 aromatic heterocycles. The van der Waals surface area contributed by atoms with Gasteiger partial charge in [-0.3, -0.25) is 19.2 Å². The molecule has 232 valence electrons. The summed E-state index contributed by atoms with van der Waals surface area (Å²) < 4.78 is 10.9. The van der Waals surface area contributed by atoms with Gasteiger partial charge in [-0.05, 0) is 42.9 Å². The molecule has 0 bridgehead atoms. The number of nitrogens with one attached hydrogen (secondary N) is 4. The molecular weight excluding hydrogens is 552 g/mol. The summed E-state index contributed by atoms with van der Waals surface area (Å²) in [6, 6.07) is 14.9. The molecule has 1 aliphatic heterocycles. The summed E-state index contributed by atoms with van der Waals surface area (Å²) in [7, 11) is 1.50. The maximum absolute atomic E-state index is 13.6. The summed E-state index contributed by atoms with van der Waals surface area (Å²) in [6.07, 6.45) is 1.00. The quantitative estimate of drug-likeness (QED) is 0.243. The van der Waals surface area contributed by atoms with Crippen LogP contribution in [0.25, 0.3) is 0 Å². The molecule has 2 aromatic carbocycles. The van der Waals surface area contributed by atoms with Gasteiger partial charge in [-0.15, -0.1) is 0 Å². The van der Waals surface area contributed by atoms with E-state index in [4.69, 9.17) is 9.47 Å². The molecule has 3 rings (SSSR count). The fourth-order valence-electron chi connectivity index (χ4n) is 4.85. The van der Waals surface area contributed by atoms with Gasteiger partial charge in [-0.2, -0.15) is 0 Å². The molecule has 1 aliphatic rings. The van der Waals surface area contributed by atoms with Gasteiger partial charge in [0, 0.05) is 7.05 Å². The standard InChI is InChI=1S/C32H42N4O7/c1-21(2)17-26(32(41)43-20-23-13-8-5-9-14-23)36-30(39)25(18-27(37)42-19-22-11-6-4-7-12-22)35-31(40)28-24(29(38)33-3)15-10-16-34-28/h4-9,11-14,21,24-26,28,34H,10,15-20H2,1-3H3,(H,33,38)(H,35,40)(H,36,39)/t24-,25-,26-,28+/m0/s1. The molecule has 0 spiro atoms. The third-order valence-electron chi connectivity index (χ3n) is 7.10. The summed E-state index contributed by atoms with van der Waals surface area (Å²) in [6.45, 7) is 4.34. The van der Waals surface area contributed by atoms with Crippen LogP contribution < -0.4 is 21.3 Å². The van der Waals surface area contributed by atoms with Gasteiger partial charge in [0.15, 0.2) is 0 Å². The summed E-state index contributed by atoms with van der Waals surface area (Å²) >= 11 is 0. The van der Waals surface area contributed by atoms with E-state index in [1.54, 1.807) is 12.1 Å². The molecule has 11 nitrogen and oxygen atoms in total. The molecule has 2 aromatic rings. The molecule has 0 unspecified atom stereocenters. The van der Waals surface area contributed by atoms with Crippen LogP contribution in [0.4, 0.5) is 0 Å². The molecule has 1 fully saturated rings. The van der Waals surface area contributed by atoms with Crippen molar-refractivity contribution in [3.63, 3.8) is 0 Å². The first-order valence-corrected chi connectivity index (χ1v) is 14.6. The predicted octanol–water partition coefficient (Wildman–Crippen LogP) is 1.99. The van der Waals surface area contributed by atoms with E-state index in [9.17, 15) is 24.0 Å². The van der Waals surface area contributed by atoms with Crippen LogP contribution >= 0.6 is 0 Å². The molecule has 4 atom stereocenters. The van der Waals surface area contributed by atoms with Crippen LogP contribution in [-0.2, 0) is 46.7 Å². The van der Waals surface area contributed by atoms with Crippen molar-refractivity contribution in [2.24, 2.45) is 11.8 Å². The molecule has 1 heterocycles. The van der Waals surface area contributed by atoms with Gasteiger partial charge >= 0.3 is 11.9 Å². The van der Waals surface area contributed by atoms with E-state index in [0.717, 1.165) is 11.1 Å². The van der Waals surface area contributed by atoms with E-state index >= 15 is 0 Å². The Kier molecular flexibility index (Phi) is 13.2. The molecule has 4 N–H and O–H groups in total. The van der Waals surface area contributed by atoms with E-state index in [1.165, 1.54) is 7.05 Å². The van der Waals surface area contributed by atoms with Crippen molar-refractivity contribution < 1.29 is 33.4 Å². The Hall–Kier alpha value is -4.25. The third kappa shape index (κ3) is 10.8. The van der Waals surface area contributed by atoms with Crippen LogP contribution in [0.15, 0.2) is 60.7 Å². The van der Waals surface area contributed by atoms with Crippen LogP contribution in [0.2, 0.25) is 0 Å². The average molecular weight is 595 g/mol. The lowest BCUT2D eigenvalue weighted by atomic mass is 9.89. The smallest absolute Gasteiger partial charge is 0.328 e. The zero-order chi connectivity index (χ0) is 31.2. The number of rotatable bonds is 14. The Balaban J connectivity index is 1.74. The number of ether oxygens (including phenoxy) is 2. The normalized spacial score (nSPS) is 17.7. The Morgan fingerprint density at radius 1 is 0.837 bits per heavy atom. The SMILES string of the molecule is CNC(=O)[C@H]1CCCN[C@H]1C(=O)N[C@@H](CC(=O)OCc1ccccc1)C(=O)N[C@@H](CC(C)C)C(=O)OCc1ccccc1. The first-order valence-electron chi connectivity index (χ1n) is 14.6. The molecule has 3 amide bonds. The number of hydrogen-bond acceptors (Lipinski definition) is 8. The van der Waals surface area contributed by atoms with Gasteiger partial charge in [0.05, 0.1) is 18.4 Å². The number of amides is 3. The lowest BCUT2D eigenvalue weighted by Gasteiger charge is -2.31. The van der Waals surface area contributed by atoms with E-state index in [-0.39, 0.29) is 31.5 Å². The van der Waals surface area contributed by atoms with Gasteiger partial charge < -0.3 is 30.7 Å². The fourth-order valence-corrected chi connectivity index (χ4v) is 4.85. The van der Waals surface area contributed by atoms with Gasteiger partial charge in [-0.1, -0.05) is 74.5 Å². The highest BCUT2D eigenvalue weighted by molar-refractivity contribution is 5.96. The first-order chi connectivity index (χ1) is 20.7. The summed E-state index contributed by atoms with van der Waals surface area (Å²) in [5, 5.41) is 10.9. The topological polar surface area (TPSA) is 152 Å². The highest BCUT2D eigenvalue weighted by Crippen LogP contribution is 2.18. The molecule has 11 heteroatoms. The van der Waals surface area contributed by atoms with Crippen molar-refractivity contribution in [1.82, 2.24) is 21.3 Å². The van der Waals surface area contributed by atoms with Crippen molar-refractivity contribution >= 4 is 29.7 Å².